The van der Waals surface area contributed by atoms with Crippen molar-refractivity contribution in [3.8, 4) is 5.75 Å². The molecule has 2 bridgehead atoms. The lowest BCUT2D eigenvalue weighted by Crippen LogP contribution is -2.36. The number of rotatable bonds is 1. The van der Waals surface area contributed by atoms with Gasteiger partial charge in [-0.2, -0.15) is 0 Å². The van der Waals surface area contributed by atoms with Crippen molar-refractivity contribution in [2.45, 2.75) is 31.1 Å². The topological polar surface area (TPSA) is 26.3 Å². The summed E-state index contributed by atoms with van der Waals surface area (Å²) >= 11 is 0. The van der Waals surface area contributed by atoms with Gasteiger partial charge in [-0.3, -0.25) is 4.79 Å². The molecular weight excluding hydrogens is 236 g/mol. The Balaban J connectivity index is 1.91. The van der Waals surface area contributed by atoms with E-state index < -0.39 is 0 Å². The molecular formula is C17H18O2. The minimum atomic E-state index is 0.206. The molecule has 2 nitrogen and oxygen atoms in total. The Morgan fingerprint density at radius 2 is 2.21 bits per heavy atom. The number of Topliss-reactive ketones (excluding diaryl/α,β-unsaturated/α-hetero) is 1. The maximum Gasteiger partial charge on any atom is 0.163 e. The summed E-state index contributed by atoms with van der Waals surface area (Å²) in [6.07, 6.45) is 8.94. The summed E-state index contributed by atoms with van der Waals surface area (Å²) in [4.78, 5) is 12.2. The highest BCUT2D eigenvalue weighted by atomic mass is 16.5. The summed E-state index contributed by atoms with van der Waals surface area (Å²) < 4.78 is 5.37. The fraction of sp³-hybridized carbons (Fsp3) is 0.471. The minimum absolute atomic E-state index is 0.206. The van der Waals surface area contributed by atoms with E-state index in [9.17, 15) is 4.79 Å². The minimum Gasteiger partial charge on any atom is -0.497 e. The van der Waals surface area contributed by atoms with E-state index in [0.717, 1.165) is 23.7 Å². The zero-order valence-electron chi connectivity index (χ0n) is 11.2. The van der Waals surface area contributed by atoms with Crippen LogP contribution in [0.15, 0.2) is 30.4 Å². The molecule has 3 aliphatic carbocycles. The number of ketones is 1. The molecule has 0 aromatic heterocycles. The van der Waals surface area contributed by atoms with E-state index in [0.29, 0.717) is 18.1 Å². The van der Waals surface area contributed by atoms with Gasteiger partial charge < -0.3 is 4.74 Å². The lowest BCUT2D eigenvalue weighted by Gasteiger charge is -2.40. The molecule has 4 rings (SSSR count). The van der Waals surface area contributed by atoms with Gasteiger partial charge in [-0.05, 0) is 54.9 Å². The molecule has 0 radical (unpaired) electrons. The van der Waals surface area contributed by atoms with Crippen LogP contribution >= 0.6 is 0 Å². The molecule has 19 heavy (non-hydrogen) atoms. The second-order valence-corrected chi connectivity index (χ2v) is 6.18. The van der Waals surface area contributed by atoms with Gasteiger partial charge in [0.2, 0.25) is 0 Å². The third-order valence-corrected chi connectivity index (χ3v) is 5.37. The van der Waals surface area contributed by atoms with E-state index in [2.05, 4.69) is 18.2 Å². The quantitative estimate of drug-likeness (QED) is 0.717. The standard InChI is InChI=1S/C17H18O2/c1-19-13-4-5-14-15(9-13)17(7-6-16(14)18)10-11-2-3-12(17)8-11/h2-5,9,11-12H,6-8,10H2,1H3. The molecule has 2 heteroatoms. The van der Waals surface area contributed by atoms with Crippen LogP contribution in [-0.4, -0.2) is 12.9 Å². The Morgan fingerprint density at radius 3 is 2.89 bits per heavy atom. The van der Waals surface area contributed by atoms with Crippen LogP contribution in [0.1, 0.15) is 41.6 Å². The number of allylic oxidation sites excluding steroid dienone is 2. The molecule has 0 heterocycles. The number of hydrogen-bond donors (Lipinski definition) is 0. The molecule has 1 fully saturated rings. The first kappa shape index (κ1) is 11.3. The smallest absolute Gasteiger partial charge is 0.163 e. The molecule has 3 unspecified atom stereocenters. The van der Waals surface area contributed by atoms with E-state index >= 15 is 0 Å². The Labute approximate surface area is 113 Å². The maximum absolute atomic E-state index is 12.2. The normalized spacial score (nSPS) is 34.9. The molecule has 0 aliphatic heterocycles. The molecule has 1 aromatic rings. The van der Waals surface area contributed by atoms with Crippen molar-refractivity contribution in [1.29, 1.82) is 0 Å². The van der Waals surface area contributed by atoms with Crippen molar-refractivity contribution < 1.29 is 9.53 Å². The van der Waals surface area contributed by atoms with Gasteiger partial charge in [-0.25, -0.2) is 0 Å². The highest BCUT2D eigenvalue weighted by Gasteiger charge is 2.52. The second kappa shape index (κ2) is 3.72. The van der Waals surface area contributed by atoms with Gasteiger partial charge in [0.05, 0.1) is 7.11 Å². The van der Waals surface area contributed by atoms with Crippen molar-refractivity contribution >= 4 is 5.78 Å². The predicted octanol–water partition coefficient (Wildman–Crippen LogP) is 3.51. The van der Waals surface area contributed by atoms with Crippen LogP contribution in [0.25, 0.3) is 0 Å². The summed E-state index contributed by atoms with van der Waals surface area (Å²) in [5.41, 5.74) is 2.39. The van der Waals surface area contributed by atoms with Gasteiger partial charge in [0.25, 0.3) is 0 Å². The molecule has 0 saturated heterocycles. The van der Waals surface area contributed by atoms with Gasteiger partial charge in [0.15, 0.2) is 5.78 Å². The van der Waals surface area contributed by atoms with Gasteiger partial charge in [0.1, 0.15) is 5.75 Å². The zero-order valence-corrected chi connectivity index (χ0v) is 11.2. The first-order chi connectivity index (χ1) is 9.23. The Bertz CT molecular complexity index is 587. The van der Waals surface area contributed by atoms with Crippen molar-refractivity contribution in [2.24, 2.45) is 11.8 Å². The van der Waals surface area contributed by atoms with Gasteiger partial charge >= 0.3 is 0 Å². The van der Waals surface area contributed by atoms with E-state index in [1.54, 1.807) is 7.11 Å². The molecule has 1 spiro atoms. The number of ether oxygens (including phenoxy) is 1. The SMILES string of the molecule is COc1ccc2c(c1)C1(CCC2=O)CC2C=CC1C2. The number of methoxy groups -OCH3 is 1. The monoisotopic (exact) mass is 254 g/mol. The summed E-state index contributed by atoms with van der Waals surface area (Å²) in [6.45, 7) is 0. The summed E-state index contributed by atoms with van der Waals surface area (Å²) in [5, 5.41) is 0. The Kier molecular flexibility index (Phi) is 2.21. The fourth-order valence-corrected chi connectivity index (χ4v) is 4.46. The number of fused-ring (bicyclic) bond motifs is 5. The van der Waals surface area contributed by atoms with Crippen molar-refractivity contribution in [3.63, 3.8) is 0 Å². The number of benzene rings is 1. The largest absolute Gasteiger partial charge is 0.497 e. The number of carbonyl (C=O) groups is 1. The predicted molar refractivity (Wildman–Crippen MR) is 73.6 cm³/mol. The van der Waals surface area contributed by atoms with Crippen LogP contribution in [0.2, 0.25) is 0 Å². The number of hydrogen-bond acceptors (Lipinski definition) is 2. The highest BCUT2D eigenvalue weighted by Crippen LogP contribution is 2.58. The van der Waals surface area contributed by atoms with Crippen LogP contribution in [0.4, 0.5) is 0 Å². The van der Waals surface area contributed by atoms with Crippen molar-refractivity contribution in [2.75, 3.05) is 7.11 Å². The molecule has 1 saturated carbocycles. The van der Waals surface area contributed by atoms with Gasteiger partial charge in [0, 0.05) is 17.4 Å². The first-order valence-electron chi connectivity index (χ1n) is 7.13. The average Bonchev–Trinajstić information content (AvgIpc) is 3.04. The van der Waals surface area contributed by atoms with E-state index in [-0.39, 0.29) is 5.41 Å². The van der Waals surface area contributed by atoms with Crippen LogP contribution in [0.5, 0.6) is 5.75 Å². The molecule has 98 valence electrons. The van der Waals surface area contributed by atoms with Crippen LogP contribution in [0.3, 0.4) is 0 Å². The first-order valence-corrected chi connectivity index (χ1v) is 7.13. The third kappa shape index (κ3) is 1.40. The van der Waals surface area contributed by atoms with Crippen LogP contribution < -0.4 is 4.74 Å². The van der Waals surface area contributed by atoms with Gasteiger partial charge in [-0.1, -0.05) is 12.2 Å². The maximum atomic E-state index is 12.2. The van der Waals surface area contributed by atoms with Crippen LogP contribution in [-0.2, 0) is 5.41 Å². The number of carbonyl (C=O) groups excluding carboxylic acids is 1. The van der Waals surface area contributed by atoms with Gasteiger partial charge in [-0.15, -0.1) is 0 Å². The third-order valence-electron chi connectivity index (χ3n) is 5.37. The van der Waals surface area contributed by atoms with E-state index in [1.165, 1.54) is 18.4 Å². The molecule has 0 N–H and O–H groups in total. The summed E-state index contributed by atoms with van der Waals surface area (Å²) in [7, 11) is 1.69. The lowest BCUT2D eigenvalue weighted by atomic mass is 9.63. The molecule has 3 atom stereocenters. The average molecular weight is 254 g/mol. The second-order valence-electron chi connectivity index (χ2n) is 6.18. The lowest BCUT2D eigenvalue weighted by molar-refractivity contribution is 0.0943. The zero-order chi connectivity index (χ0) is 13.0. The van der Waals surface area contributed by atoms with E-state index in [4.69, 9.17) is 4.74 Å². The Hall–Kier alpha value is -1.57. The molecule has 3 aliphatic rings. The van der Waals surface area contributed by atoms with Crippen molar-refractivity contribution in [3.05, 3.63) is 41.5 Å². The summed E-state index contributed by atoms with van der Waals surface area (Å²) in [5.74, 6) is 2.52. The van der Waals surface area contributed by atoms with Crippen LogP contribution in [0, 0.1) is 11.8 Å². The molecule has 1 aromatic carbocycles. The highest BCUT2D eigenvalue weighted by molar-refractivity contribution is 5.99. The fourth-order valence-electron chi connectivity index (χ4n) is 4.46. The summed E-state index contributed by atoms with van der Waals surface area (Å²) in [6, 6.07) is 5.99. The van der Waals surface area contributed by atoms with E-state index in [1.807, 2.05) is 12.1 Å². The Morgan fingerprint density at radius 1 is 1.32 bits per heavy atom. The molecule has 0 amide bonds. The van der Waals surface area contributed by atoms with Crippen molar-refractivity contribution in [1.82, 2.24) is 0 Å².